The van der Waals surface area contributed by atoms with Crippen molar-refractivity contribution >= 4 is 0 Å². The average molecular weight is 335 g/mol. The maximum absolute atomic E-state index is 6.11. The van der Waals surface area contributed by atoms with Crippen molar-refractivity contribution < 1.29 is 4.74 Å². The van der Waals surface area contributed by atoms with Crippen LogP contribution in [0.2, 0.25) is 0 Å². The lowest BCUT2D eigenvalue weighted by Gasteiger charge is -2.32. The topological polar surface area (TPSA) is 21.3 Å². The number of ether oxygens (including phenoxy) is 1. The molecule has 4 rings (SSSR count). The molecule has 2 aliphatic rings. The second-order valence-corrected chi connectivity index (χ2v) is 8.33. The van der Waals surface area contributed by atoms with Crippen molar-refractivity contribution in [1.29, 1.82) is 0 Å². The molecule has 1 aliphatic carbocycles. The van der Waals surface area contributed by atoms with E-state index in [-0.39, 0.29) is 11.1 Å². The molecule has 2 aromatic carbocycles. The van der Waals surface area contributed by atoms with Gasteiger partial charge in [0, 0.05) is 18.0 Å². The lowest BCUT2D eigenvalue weighted by atomic mass is 9.93. The van der Waals surface area contributed by atoms with E-state index in [1.54, 1.807) is 0 Å². The van der Waals surface area contributed by atoms with E-state index in [4.69, 9.17) is 4.74 Å². The fraction of sp³-hybridized carbons (Fsp3) is 0.478. The Morgan fingerprint density at radius 1 is 1.12 bits per heavy atom. The average Bonchev–Trinajstić information content (AvgIpc) is 3.35. The highest BCUT2D eigenvalue weighted by molar-refractivity contribution is 5.40. The molecule has 1 aliphatic heterocycles. The number of fused-ring (bicyclic) bond motifs is 1. The summed E-state index contributed by atoms with van der Waals surface area (Å²) in [6.07, 6.45) is 4.62. The predicted molar refractivity (Wildman–Crippen MR) is 103 cm³/mol. The van der Waals surface area contributed by atoms with Crippen molar-refractivity contribution in [1.82, 2.24) is 5.32 Å². The van der Waals surface area contributed by atoms with Crippen LogP contribution in [-0.4, -0.2) is 11.1 Å². The van der Waals surface area contributed by atoms with E-state index in [9.17, 15) is 0 Å². The normalized spacial score (nSPS) is 26.6. The number of hydrogen-bond acceptors (Lipinski definition) is 2. The highest BCUT2D eigenvalue weighted by atomic mass is 16.5. The molecule has 0 saturated heterocycles. The Kier molecular flexibility index (Phi) is 4.11. The van der Waals surface area contributed by atoms with Crippen LogP contribution in [-0.2, 0) is 13.0 Å². The highest BCUT2D eigenvalue weighted by Crippen LogP contribution is 2.53. The van der Waals surface area contributed by atoms with Gasteiger partial charge in [0.1, 0.15) is 11.4 Å². The summed E-state index contributed by atoms with van der Waals surface area (Å²) < 4.78 is 6.11. The summed E-state index contributed by atoms with van der Waals surface area (Å²) in [6, 6.07) is 17.6. The van der Waals surface area contributed by atoms with Gasteiger partial charge in [0.25, 0.3) is 0 Å². The molecule has 0 amide bonds. The van der Waals surface area contributed by atoms with Crippen molar-refractivity contribution in [3.05, 3.63) is 65.2 Å². The van der Waals surface area contributed by atoms with E-state index in [0.717, 1.165) is 25.1 Å². The summed E-state index contributed by atoms with van der Waals surface area (Å²) in [5.74, 6) is 1.72. The molecule has 0 aromatic heterocycles. The van der Waals surface area contributed by atoms with Gasteiger partial charge in [-0.15, -0.1) is 0 Å². The first-order valence-electron chi connectivity index (χ1n) is 9.62. The molecule has 0 spiro atoms. The van der Waals surface area contributed by atoms with Gasteiger partial charge in [-0.05, 0) is 62.3 Å². The Bertz CT molecular complexity index is 752. The number of hydrogen-bond donors (Lipinski definition) is 1. The molecule has 0 unspecified atom stereocenters. The summed E-state index contributed by atoms with van der Waals surface area (Å²) in [7, 11) is 0. The van der Waals surface area contributed by atoms with Crippen LogP contribution in [0.3, 0.4) is 0 Å². The minimum absolute atomic E-state index is 0.0318. The molecular weight excluding hydrogens is 306 g/mol. The Hall–Kier alpha value is -1.80. The summed E-state index contributed by atoms with van der Waals surface area (Å²) >= 11 is 0. The predicted octanol–water partition coefficient (Wildman–Crippen LogP) is 5.22. The van der Waals surface area contributed by atoms with Crippen LogP contribution in [0, 0.1) is 0 Å². The summed E-state index contributed by atoms with van der Waals surface area (Å²) in [5.41, 5.74) is 4.44. The standard InChI is InChI=1S/C23H29NO/c1-4-23(15-20(23)18-8-6-5-7-9-18)24-16-17-10-11-21-19(14-17)12-13-22(2,3)25-21/h5-11,14,20,24H,4,12-13,15-16H2,1-3H3/t20-,23+/m0/s1. The highest BCUT2D eigenvalue weighted by Gasteiger charge is 2.52. The summed E-state index contributed by atoms with van der Waals surface area (Å²) in [5, 5.41) is 3.87. The second kappa shape index (κ2) is 6.17. The van der Waals surface area contributed by atoms with E-state index >= 15 is 0 Å². The van der Waals surface area contributed by atoms with E-state index in [2.05, 4.69) is 74.6 Å². The first-order chi connectivity index (χ1) is 12.0. The molecule has 2 atom stereocenters. The molecular formula is C23H29NO. The van der Waals surface area contributed by atoms with E-state index in [1.165, 1.54) is 29.5 Å². The smallest absolute Gasteiger partial charge is 0.123 e. The second-order valence-electron chi connectivity index (χ2n) is 8.33. The van der Waals surface area contributed by atoms with Crippen LogP contribution < -0.4 is 10.1 Å². The van der Waals surface area contributed by atoms with Crippen molar-refractivity contribution in [2.24, 2.45) is 0 Å². The maximum Gasteiger partial charge on any atom is 0.123 e. The van der Waals surface area contributed by atoms with Gasteiger partial charge < -0.3 is 10.1 Å². The van der Waals surface area contributed by atoms with Gasteiger partial charge in [-0.1, -0.05) is 49.4 Å². The first-order valence-corrected chi connectivity index (χ1v) is 9.62. The van der Waals surface area contributed by atoms with E-state index in [1.807, 2.05) is 0 Å². The lowest BCUT2D eigenvalue weighted by Crippen LogP contribution is -2.33. The monoisotopic (exact) mass is 335 g/mol. The third kappa shape index (κ3) is 3.32. The largest absolute Gasteiger partial charge is 0.488 e. The SMILES string of the molecule is CC[C@@]1(NCc2ccc3c(c2)CCC(C)(C)O3)C[C@H]1c1ccccc1. The molecule has 1 N–H and O–H groups in total. The van der Waals surface area contributed by atoms with Gasteiger partial charge in [0.15, 0.2) is 0 Å². The van der Waals surface area contributed by atoms with Crippen LogP contribution in [0.15, 0.2) is 48.5 Å². The first kappa shape index (κ1) is 16.7. The fourth-order valence-electron chi connectivity index (χ4n) is 4.24. The molecule has 1 saturated carbocycles. The Balaban J connectivity index is 1.43. The van der Waals surface area contributed by atoms with Crippen LogP contribution in [0.25, 0.3) is 0 Å². The lowest BCUT2D eigenvalue weighted by molar-refractivity contribution is 0.0846. The minimum Gasteiger partial charge on any atom is -0.488 e. The fourth-order valence-corrected chi connectivity index (χ4v) is 4.24. The minimum atomic E-state index is -0.0318. The molecule has 2 nitrogen and oxygen atoms in total. The zero-order valence-electron chi connectivity index (χ0n) is 15.6. The van der Waals surface area contributed by atoms with Crippen LogP contribution in [0.1, 0.15) is 62.6 Å². The third-order valence-corrected chi connectivity index (χ3v) is 6.06. The van der Waals surface area contributed by atoms with Gasteiger partial charge >= 0.3 is 0 Å². The van der Waals surface area contributed by atoms with E-state index < -0.39 is 0 Å². The van der Waals surface area contributed by atoms with Gasteiger partial charge in [-0.2, -0.15) is 0 Å². The van der Waals surface area contributed by atoms with Crippen LogP contribution in [0.5, 0.6) is 5.75 Å². The van der Waals surface area contributed by atoms with Gasteiger partial charge in [-0.3, -0.25) is 0 Å². The van der Waals surface area contributed by atoms with E-state index in [0.29, 0.717) is 5.92 Å². The van der Waals surface area contributed by atoms with Crippen molar-refractivity contribution in [3.8, 4) is 5.75 Å². The quantitative estimate of drug-likeness (QED) is 0.809. The van der Waals surface area contributed by atoms with Crippen molar-refractivity contribution in [2.45, 2.75) is 70.1 Å². The molecule has 0 radical (unpaired) electrons. The zero-order valence-corrected chi connectivity index (χ0v) is 15.6. The van der Waals surface area contributed by atoms with Gasteiger partial charge in [0.05, 0.1) is 0 Å². The number of aryl methyl sites for hydroxylation is 1. The third-order valence-electron chi connectivity index (χ3n) is 6.06. The number of nitrogens with one attached hydrogen (secondary N) is 1. The molecule has 2 heteroatoms. The molecule has 1 fully saturated rings. The summed E-state index contributed by atoms with van der Waals surface area (Å²) in [4.78, 5) is 0. The van der Waals surface area contributed by atoms with Gasteiger partial charge in [0.2, 0.25) is 0 Å². The Morgan fingerprint density at radius 3 is 2.68 bits per heavy atom. The molecule has 132 valence electrons. The maximum atomic E-state index is 6.11. The van der Waals surface area contributed by atoms with Crippen molar-refractivity contribution in [2.75, 3.05) is 0 Å². The molecule has 0 bridgehead atoms. The van der Waals surface area contributed by atoms with Crippen molar-refractivity contribution in [3.63, 3.8) is 0 Å². The molecule has 25 heavy (non-hydrogen) atoms. The van der Waals surface area contributed by atoms with Gasteiger partial charge in [-0.25, -0.2) is 0 Å². The Morgan fingerprint density at radius 2 is 1.92 bits per heavy atom. The summed E-state index contributed by atoms with van der Waals surface area (Å²) in [6.45, 7) is 7.59. The zero-order chi connectivity index (χ0) is 17.5. The number of rotatable bonds is 5. The van der Waals surface area contributed by atoms with Crippen LogP contribution >= 0.6 is 0 Å². The molecule has 1 heterocycles. The Labute approximate surface area is 151 Å². The van der Waals surface area contributed by atoms with Crippen LogP contribution in [0.4, 0.5) is 0 Å². The molecule has 2 aromatic rings. The number of benzene rings is 2.